The number of nitrogens with two attached hydrogens (primary N) is 1. The van der Waals surface area contributed by atoms with Crippen LogP contribution in [0.4, 0.5) is 0 Å². The summed E-state index contributed by atoms with van der Waals surface area (Å²) in [6.45, 7) is 1.95. The lowest BCUT2D eigenvalue weighted by Gasteiger charge is -2.29. The van der Waals surface area contributed by atoms with Gasteiger partial charge in [0.1, 0.15) is 22.9 Å². The van der Waals surface area contributed by atoms with Gasteiger partial charge in [-0.3, -0.25) is 4.98 Å². The van der Waals surface area contributed by atoms with Crippen LogP contribution in [0.25, 0.3) is 11.3 Å². The summed E-state index contributed by atoms with van der Waals surface area (Å²) in [7, 11) is 0. The first-order valence-electron chi connectivity index (χ1n) is 9.21. The highest BCUT2D eigenvalue weighted by molar-refractivity contribution is 6.03. The van der Waals surface area contributed by atoms with Gasteiger partial charge in [0.05, 0.1) is 0 Å². The zero-order chi connectivity index (χ0) is 19.1. The van der Waals surface area contributed by atoms with Crippen LogP contribution < -0.4 is 5.73 Å². The van der Waals surface area contributed by atoms with E-state index in [1.165, 1.54) is 0 Å². The van der Waals surface area contributed by atoms with Crippen molar-refractivity contribution in [1.29, 1.82) is 0 Å². The second-order valence-corrected chi connectivity index (χ2v) is 6.98. The highest BCUT2D eigenvalue weighted by atomic mass is 16.3. The zero-order valence-electron chi connectivity index (χ0n) is 15.5. The normalized spacial score (nSPS) is 18.0. The van der Waals surface area contributed by atoms with Crippen LogP contribution >= 0.6 is 0 Å². The molecule has 1 unspecified atom stereocenters. The topological polar surface area (TPSA) is 64.4 Å². The van der Waals surface area contributed by atoms with Crippen molar-refractivity contribution in [3.8, 4) is 11.3 Å². The number of nitrogens with zero attached hydrogens (tertiary/aromatic N) is 2. The Bertz CT molecular complexity index is 1190. The predicted molar refractivity (Wildman–Crippen MR) is 110 cm³/mol. The quantitative estimate of drug-likeness (QED) is 0.574. The lowest BCUT2D eigenvalue weighted by atomic mass is 9.77. The molecule has 2 aromatic carbocycles. The predicted octanol–water partition coefficient (Wildman–Crippen LogP) is 4.66. The number of amidine groups is 1. The molecule has 0 bridgehead atoms. The van der Waals surface area contributed by atoms with E-state index in [-0.39, 0.29) is 0 Å². The average Bonchev–Trinajstić information content (AvgIpc) is 3.31. The fourth-order valence-electron chi connectivity index (χ4n) is 4.01. The van der Waals surface area contributed by atoms with Crippen molar-refractivity contribution < 1.29 is 4.42 Å². The average molecular weight is 365 g/mol. The number of aromatic nitrogens is 1. The summed E-state index contributed by atoms with van der Waals surface area (Å²) in [5.74, 6) is 2.27. The first-order valence-corrected chi connectivity index (χ1v) is 9.21. The first-order chi connectivity index (χ1) is 13.7. The van der Waals surface area contributed by atoms with Crippen molar-refractivity contribution in [3.63, 3.8) is 0 Å². The molecule has 2 N–H and O–H groups in total. The molecular weight excluding hydrogens is 346 g/mol. The Morgan fingerprint density at radius 2 is 1.68 bits per heavy atom. The second-order valence-electron chi connectivity index (χ2n) is 6.98. The SMILES string of the molecule is Cc1ccc(-c2cccc(C3(c4ccncc4)N=C(N)c4ccccc43)c2)o1. The van der Waals surface area contributed by atoms with Crippen LogP contribution in [0.15, 0.2) is 94.6 Å². The fourth-order valence-corrected chi connectivity index (χ4v) is 4.01. The molecule has 5 rings (SSSR count). The number of hydrogen-bond acceptors (Lipinski definition) is 4. The monoisotopic (exact) mass is 365 g/mol. The molecule has 28 heavy (non-hydrogen) atoms. The highest BCUT2D eigenvalue weighted by Gasteiger charge is 2.42. The summed E-state index contributed by atoms with van der Waals surface area (Å²) >= 11 is 0. The molecule has 3 heterocycles. The molecule has 4 heteroatoms. The molecule has 0 spiro atoms. The van der Waals surface area contributed by atoms with Crippen LogP contribution in [0, 0.1) is 6.92 Å². The molecule has 0 saturated carbocycles. The van der Waals surface area contributed by atoms with Crippen molar-refractivity contribution >= 4 is 5.84 Å². The number of rotatable bonds is 3. The van der Waals surface area contributed by atoms with E-state index in [4.69, 9.17) is 15.1 Å². The van der Waals surface area contributed by atoms with Crippen LogP contribution in [-0.4, -0.2) is 10.8 Å². The maximum absolute atomic E-state index is 6.36. The number of hydrogen-bond donors (Lipinski definition) is 1. The third-order valence-electron chi connectivity index (χ3n) is 5.28. The number of pyridine rings is 1. The molecule has 1 aliphatic heterocycles. The third kappa shape index (κ3) is 2.38. The van der Waals surface area contributed by atoms with Crippen molar-refractivity contribution in [1.82, 2.24) is 4.98 Å². The van der Waals surface area contributed by atoms with Gasteiger partial charge >= 0.3 is 0 Å². The van der Waals surface area contributed by atoms with Gasteiger partial charge in [-0.25, -0.2) is 4.99 Å². The van der Waals surface area contributed by atoms with E-state index in [2.05, 4.69) is 29.2 Å². The van der Waals surface area contributed by atoms with E-state index < -0.39 is 5.54 Å². The van der Waals surface area contributed by atoms with E-state index >= 15 is 0 Å². The van der Waals surface area contributed by atoms with Crippen molar-refractivity contribution in [3.05, 3.63) is 113 Å². The van der Waals surface area contributed by atoms with Crippen molar-refractivity contribution in [2.24, 2.45) is 10.7 Å². The van der Waals surface area contributed by atoms with E-state index in [0.717, 1.165) is 39.3 Å². The number of benzene rings is 2. The number of fused-ring (bicyclic) bond motifs is 1. The number of aryl methyl sites for hydroxylation is 1. The zero-order valence-corrected chi connectivity index (χ0v) is 15.5. The molecule has 4 nitrogen and oxygen atoms in total. The summed E-state index contributed by atoms with van der Waals surface area (Å²) in [5.41, 5.74) is 10.8. The van der Waals surface area contributed by atoms with Gasteiger partial charge in [-0.1, -0.05) is 42.5 Å². The van der Waals surface area contributed by atoms with Gasteiger partial charge in [0, 0.05) is 23.5 Å². The van der Waals surface area contributed by atoms with E-state index in [1.54, 1.807) is 12.4 Å². The fraction of sp³-hybridized carbons (Fsp3) is 0.0833. The molecule has 1 aliphatic rings. The van der Waals surface area contributed by atoms with E-state index in [0.29, 0.717) is 5.84 Å². The molecule has 1 atom stereocenters. The van der Waals surface area contributed by atoms with Gasteiger partial charge in [0.2, 0.25) is 0 Å². The smallest absolute Gasteiger partial charge is 0.139 e. The van der Waals surface area contributed by atoms with Crippen LogP contribution in [0.5, 0.6) is 0 Å². The lowest BCUT2D eigenvalue weighted by Crippen LogP contribution is -2.25. The van der Waals surface area contributed by atoms with Crippen LogP contribution in [-0.2, 0) is 5.54 Å². The minimum Gasteiger partial charge on any atom is -0.461 e. The lowest BCUT2D eigenvalue weighted by molar-refractivity contribution is 0.548. The molecule has 0 amide bonds. The summed E-state index contributed by atoms with van der Waals surface area (Å²) < 4.78 is 5.85. The first kappa shape index (κ1) is 16.5. The molecular formula is C24H19N3O. The maximum Gasteiger partial charge on any atom is 0.139 e. The van der Waals surface area contributed by atoms with E-state index in [1.807, 2.05) is 55.5 Å². The van der Waals surface area contributed by atoms with Gasteiger partial charge in [0.25, 0.3) is 0 Å². The molecule has 136 valence electrons. The molecule has 4 aromatic rings. The van der Waals surface area contributed by atoms with Gasteiger partial charge in [0.15, 0.2) is 0 Å². The number of furan rings is 1. The van der Waals surface area contributed by atoms with Crippen LogP contribution in [0.3, 0.4) is 0 Å². The van der Waals surface area contributed by atoms with Crippen molar-refractivity contribution in [2.75, 3.05) is 0 Å². The van der Waals surface area contributed by atoms with Gasteiger partial charge < -0.3 is 10.2 Å². The van der Waals surface area contributed by atoms with Crippen LogP contribution in [0.2, 0.25) is 0 Å². The number of aliphatic imine (C=N–C) groups is 1. The molecule has 0 fully saturated rings. The summed E-state index contributed by atoms with van der Waals surface area (Å²) in [6, 6.07) is 24.4. The Labute approximate surface area is 163 Å². The Kier molecular flexibility index (Phi) is 3.66. The van der Waals surface area contributed by atoms with Gasteiger partial charge in [-0.2, -0.15) is 0 Å². The Morgan fingerprint density at radius 1 is 0.857 bits per heavy atom. The molecule has 0 saturated heterocycles. The summed E-state index contributed by atoms with van der Waals surface area (Å²) in [6.07, 6.45) is 3.59. The Morgan fingerprint density at radius 3 is 2.46 bits per heavy atom. The third-order valence-corrected chi connectivity index (χ3v) is 5.28. The van der Waals surface area contributed by atoms with Crippen LogP contribution in [0.1, 0.15) is 28.0 Å². The molecule has 2 aromatic heterocycles. The minimum atomic E-state index is -0.707. The maximum atomic E-state index is 6.36. The summed E-state index contributed by atoms with van der Waals surface area (Å²) in [5, 5.41) is 0. The summed E-state index contributed by atoms with van der Waals surface area (Å²) in [4.78, 5) is 9.19. The standard InChI is InChI=1S/C24H19N3O/c1-16-9-10-22(28-16)17-5-4-6-19(15-17)24(18-11-13-26-14-12-18)21-8-3-2-7-20(21)23(25)27-24/h2-15H,1H3,(H2,25,27). The second kappa shape index (κ2) is 6.20. The Balaban J connectivity index is 1.79. The van der Waals surface area contributed by atoms with E-state index in [9.17, 15) is 0 Å². The highest BCUT2D eigenvalue weighted by Crippen LogP contribution is 2.46. The van der Waals surface area contributed by atoms with Gasteiger partial charge in [-0.15, -0.1) is 0 Å². The van der Waals surface area contributed by atoms with Crippen molar-refractivity contribution in [2.45, 2.75) is 12.5 Å². The van der Waals surface area contributed by atoms with Gasteiger partial charge in [-0.05, 0) is 53.9 Å². The minimum absolute atomic E-state index is 0.548. The largest absolute Gasteiger partial charge is 0.461 e. The molecule has 0 radical (unpaired) electrons. The molecule has 0 aliphatic carbocycles. The Hall–Kier alpha value is -3.66.